The van der Waals surface area contributed by atoms with Crippen LogP contribution in [0.5, 0.6) is 0 Å². The van der Waals surface area contributed by atoms with Gasteiger partial charge in [-0.25, -0.2) is 0 Å². The van der Waals surface area contributed by atoms with Gasteiger partial charge in [0.25, 0.3) is 0 Å². The van der Waals surface area contributed by atoms with E-state index in [1.807, 2.05) is 30.3 Å². The Bertz CT molecular complexity index is 629. The van der Waals surface area contributed by atoms with Crippen LogP contribution in [0.15, 0.2) is 41.8 Å². The number of amides is 1. The lowest BCUT2D eigenvalue weighted by atomic mass is 9.82. The molecule has 1 N–H and O–H groups in total. The Labute approximate surface area is 123 Å². The third kappa shape index (κ3) is 3.02. The van der Waals surface area contributed by atoms with Gasteiger partial charge in [-0.15, -0.1) is 0 Å². The maximum Gasteiger partial charge on any atom is 0.308 e. The summed E-state index contributed by atoms with van der Waals surface area (Å²) in [4.78, 5) is 35.7. The van der Waals surface area contributed by atoms with Crippen LogP contribution in [0.4, 0.5) is 0 Å². The molecule has 1 aromatic carbocycles. The molecule has 21 heavy (non-hydrogen) atoms. The monoisotopic (exact) mass is 287 g/mol. The number of ketones is 1. The molecule has 0 unspecified atom stereocenters. The van der Waals surface area contributed by atoms with Gasteiger partial charge in [-0.2, -0.15) is 0 Å². The summed E-state index contributed by atoms with van der Waals surface area (Å²) in [5, 5.41) is 2.68. The minimum absolute atomic E-state index is 0.0732. The summed E-state index contributed by atoms with van der Waals surface area (Å²) < 4.78 is 5.05. The molecule has 0 bridgehead atoms. The fourth-order valence-corrected chi connectivity index (χ4v) is 2.05. The van der Waals surface area contributed by atoms with E-state index < -0.39 is 23.1 Å². The summed E-state index contributed by atoms with van der Waals surface area (Å²) >= 11 is 0. The second kappa shape index (κ2) is 5.52. The van der Waals surface area contributed by atoms with Gasteiger partial charge in [0.2, 0.25) is 11.7 Å². The van der Waals surface area contributed by atoms with E-state index >= 15 is 0 Å². The molecule has 0 spiro atoms. The smallest absolute Gasteiger partial charge is 0.308 e. The van der Waals surface area contributed by atoms with Crippen LogP contribution in [0.25, 0.3) is 0 Å². The predicted octanol–water partition coefficient (Wildman–Crippen LogP) is 1.73. The SMILES string of the molecule is CC(=O)OC1=C(Cc2ccccc2)NC(=O)C(C)(C)C1=O. The molecule has 0 aromatic heterocycles. The molecule has 110 valence electrons. The van der Waals surface area contributed by atoms with Crippen LogP contribution in [0, 0.1) is 5.41 Å². The quantitative estimate of drug-likeness (QED) is 0.679. The molecular weight excluding hydrogens is 270 g/mol. The highest BCUT2D eigenvalue weighted by Crippen LogP contribution is 2.29. The highest BCUT2D eigenvalue weighted by atomic mass is 16.5. The number of hydrogen-bond acceptors (Lipinski definition) is 4. The van der Waals surface area contributed by atoms with Crippen LogP contribution in [0.3, 0.4) is 0 Å². The van der Waals surface area contributed by atoms with Crippen molar-refractivity contribution in [3.05, 3.63) is 47.4 Å². The van der Waals surface area contributed by atoms with Crippen LogP contribution in [0.2, 0.25) is 0 Å². The van der Waals surface area contributed by atoms with E-state index in [1.165, 1.54) is 20.8 Å². The minimum Gasteiger partial charge on any atom is -0.421 e. The Kier molecular flexibility index (Phi) is 3.93. The highest BCUT2D eigenvalue weighted by molar-refractivity contribution is 6.15. The van der Waals surface area contributed by atoms with Crippen LogP contribution < -0.4 is 5.32 Å². The van der Waals surface area contributed by atoms with Crippen molar-refractivity contribution < 1.29 is 19.1 Å². The molecular formula is C16H17NO4. The lowest BCUT2D eigenvalue weighted by Crippen LogP contribution is -2.49. The second-order valence-corrected chi connectivity index (χ2v) is 5.47. The number of allylic oxidation sites excluding steroid dienone is 2. The first-order valence-electron chi connectivity index (χ1n) is 6.64. The van der Waals surface area contributed by atoms with Crippen LogP contribution in [-0.2, 0) is 25.5 Å². The van der Waals surface area contributed by atoms with Gasteiger partial charge in [-0.1, -0.05) is 30.3 Å². The molecule has 1 aliphatic heterocycles. The van der Waals surface area contributed by atoms with Gasteiger partial charge in [-0.05, 0) is 19.4 Å². The number of carbonyl (C=O) groups excluding carboxylic acids is 3. The summed E-state index contributed by atoms with van der Waals surface area (Å²) in [7, 11) is 0. The largest absolute Gasteiger partial charge is 0.421 e. The molecule has 2 rings (SSSR count). The molecule has 0 radical (unpaired) electrons. The number of esters is 1. The van der Waals surface area contributed by atoms with Crippen molar-refractivity contribution in [1.82, 2.24) is 5.32 Å². The van der Waals surface area contributed by atoms with Crippen molar-refractivity contribution in [2.75, 3.05) is 0 Å². The Hall–Kier alpha value is -2.43. The first-order chi connectivity index (χ1) is 9.82. The minimum atomic E-state index is -1.25. The Morgan fingerprint density at radius 3 is 2.38 bits per heavy atom. The van der Waals surface area contributed by atoms with E-state index in [9.17, 15) is 14.4 Å². The van der Waals surface area contributed by atoms with Gasteiger partial charge in [0.1, 0.15) is 5.41 Å². The number of benzene rings is 1. The van der Waals surface area contributed by atoms with Crippen molar-refractivity contribution >= 4 is 17.7 Å². The molecule has 1 amide bonds. The number of rotatable bonds is 3. The fourth-order valence-electron chi connectivity index (χ4n) is 2.05. The topological polar surface area (TPSA) is 72.5 Å². The van der Waals surface area contributed by atoms with Gasteiger partial charge in [0.05, 0.1) is 5.70 Å². The maximum absolute atomic E-state index is 12.4. The maximum atomic E-state index is 12.4. The highest BCUT2D eigenvalue weighted by Gasteiger charge is 2.44. The summed E-state index contributed by atoms with van der Waals surface area (Å²) in [6.07, 6.45) is 0.316. The molecule has 0 fully saturated rings. The molecule has 0 saturated heterocycles. The number of hydrogen-bond donors (Lipinski definition) is 1. The van der Waals surface area contributed by atoms with E-state index in [0.29, 0.717) is 12.1 Å². The van der Waals surface area contributed by atoms with Crippen LogP contribution in [0.1, 0.15) is 26.3 Å². The summed E-state index contributed by atoms with van der Waals surface area (Å²) in [6.45, 7) is 4.24. The number of nitrogens with one attached hydrogen (secondary N) is 1. The number of carbonyl (C=O) groups is 3. The number of Topliss-reactive ketones (excluding diaryl/α,β-unsaturated/α-hetero) is 1. The van der Waals surface area contributed by atoms with Crippen molar-refractivity contribution in [1.29, 1.82) is 0 Å². The second-order valence-electron chi connectivity index (χ2n) is 5.47. The Balaban J connectivity index is 2.43. The molecule has 0 saturated carbocycles. The average Bonchev–Trinajstić information content (AvgIpc) is 2.42. The van der Waals surface area contributed by atoms with E-state index in [0.717, 1.165) is 5.56 Å². The van der Waals surface area contributed by atoms with E-state index in [1.54, 1.807) is 0 Å². The average molecular weight is 287 g/mol. The van der Waals surface area contributed by atoms with E-state index in [-0.39, 0.29) is 5.76 Å². The Morgan fingerprint density at radius 2 is 1.81 bits per heavy atom. The number of ether oxygens (including phenoxy) is 1. The first-order valence-corrected chi connectivity index (χ1v) is 6.64. The van der Waals surface area contributed by atoms with Gasteiger partial charge in [0.15, 0.2) is 5.76 Å². The van der Waals surface area contributed by atoms with Gasteiger partial charge < -0.3 is 10.1 Å². The van der Waals surface area contributed by atoms with Crippen molar-refractivity contribution in [2.45, 2.75) is 27.2 Å². The zero-order valence-electron chi connectivity index (χ0n) is 12.2. The molecule has 5 nitrogen and oxygen atoms in total. The third-order valence-electron chi connectivity index (χ3n) is 3.35. The third-order valence-corrected chi connectivity index (χ3v) is 3.35. The molecule has 5 heteroatoms. The zero-order chi connectivity index (χ0) is 15.6. The zero-order valence-corrected chi connectivity index (χ0v) is 12.2. The van der Waals surface area contributed by atoms with Crippen molar-refractivity contribution in [2.24, 2.45) is 5.41 Å². The molecule has 1 aromatic rings. The van der Waals surface area contributed by atoms with E-state index in [4.69, 9.17) is 4.74 Å². The van der Waals surface area contributed by atoms with Crippen LogP contribution >= 0.6 is 0 Å². The molecule has 0 atom stereocenters. The summed E-state index contributed by atoms with van der Waals surface area (Å²) in [5.74, 6) is -1.53. The van der Waals surface area contributed by atoms with Crippen molar-refractivity contribution in [3.8, 4) is 0 Å². The fraction of sp³-hybridized carbons (Fsp3) is 0.312. The van der Waals surface area contributed by atoms with Crippen LogP contribution in [-0.4, -0.2) is 17.7 Å². The summed E-state index contributed by atoms with van der Waals surface area (Å²) in [6, 6.07) is 9.33. The molecule has 1 heterocycles. The van der Waals surface area contributed by atoms with Gasteiger partial charge in [-0.3, -0.25) is 14.4 Å². The van der Waals surface area contributed by atoms with Gasteiger partial charge >= 0.3 is 5.97 Å². The van der Waals surface area contributed by atoms with E-state index in [2.05, 4.69) is 5.32 Å². The normalized spacial score (nSPS) is 17.5. The Morgan fingerprint density at radius 1 is 1.19 bits per heavy atom. The predicted molar refractivity (Wildman–Crippen MR) is 75.9 cm³/mol. The molecule has 1 aliphatic rings. The lowest BCUT2D eigenvalue weighted by molar-refractivity contribution is -0.148. The lowest BCUT2D eigenvalue weighted by Gasteiger charge is -2.30. The first kappa shape index (κ1) is 15.0. The van der Waals surface area contributed by atoms with Gasteiger partial charge in [0, 0.05) is 13.3 Å². The standard InChI is InChI=1S/C16H17NO4/c1-10(18)21-13-12(9-11-7-5-4-6-8-11)17-15(20)16(2,3)14(13)19/h4-8H,9H2,1-3H3,(H,17,20). The summed E-state index contributed by atoms with van der Waals surface area (Å²) in [5.41, 5.74) is -0.0130. The molecule has 0 aliphatic carbocycles. The van der Waals surface area contributed by atoms with Crippen molar-refractivity contribution in [3.63, 3.8) is 0 Å².